The van der Waals surface area contributed by atoms with Crippen LogP contribution in [0.15, 0.2) is 66.7 Å². The fraction of sp³-hybridized carbons (Fsp3) is 0.276. The third kappa shape index (κ3) is 5.17. The molecule has 0 saturated carbocycles. The van der Waals surface area contributed by atoms with Crippen LogP contribution in [0.1, 0.15) is 67.6 Å². The van der Waals surface area contributed by atoms with Crippen LogP contribution in [0.3, 0.4) is 0 Å². The SMILES string of the molecule is CC1(C)CCC(C)(C)c2c([Se]C#Cc3ccc(C(=O)Nc4ccc(O)cc4)cc3)cccc21. The molecule has 0 heterocycles. The van der Waals surface area contributed by atoms with Gasteiger partial charge >= 0.3 is 198 Å². The van der Waals surface area contributed by atoms with Gasteiger partial charge in [0.05, 0.1) is 0 Å². The molecule has 0 bridgehead atoms. The average Bonchev–Trinajstić information content (AvgIpc) is 2.79. The first-order valence-electron chi connectivity index (χ1n) is 11.2. The molecule has 0 atom stereocenters. The Morgan fingerprint density at radius 2 is 1.58 bits per heavy atom. The Bertz CT molecular complexity index is 1230. The molecule has 1 aliphatic carbocycles. The number of amides is 1. The Labute approximate surface area is 202 Å². The molecule has 0 fully saturated rings. The number of aromatic hydroxyl groups is 1. The minimum atomic E-state index is -0.190. The van der Waals surface area contributed by atoms with Gasteiger partial charge in [-0.25, -0.2) is 0 Å². The van der Waals surface area contributed by atoms with E-state index in [9.17, 15) is 9.90 Å². The fourth-order valence-corrected chi connectivity index (χ4v) is 6.27. The molecular weight excluding hydrogens is 473 g/mol. The maximum absolute atomic E-state index is 12.5. The van der Waals surface area contributed by atoms with Crippen molar-refractivity contribution in [1.82, 2.24) is 0 Å². The molecule has 4 heteroatoms. The number of phenols is 1. The molecule has 33 heavy (non-hydrogen) atoms. The van der Waals surface area contributed by atoms with Crippen LogP contribution >= 0.6 is 0 Å². The molecule has 0 radical (unpaired) electrons. The van der Waals surface area contributed by atoms with Gasteiger partial charge in [0.25, 0.3) is 0 Å². The van der Waals surface area contributed by atoms with Crippen molar-refractivity contribution >= 4 is 31.0 Å². The second-order valence-corrected chi connectivity index (χ2v) is 11.6. The molecule has 0 spiro atoms. The molecule has 3 aromatic carbocycles. The Morgan fingerprint density at radius 1 is 0.909 bits per heavy atom. The first-order valence-corrected chi connectivity index (χ1v) is 12.9. The third-order valence-electron chi connectivity index (χ3n) is 6.44. The van der Waals surface area contributed by atoms with E-state index in [1.807, 2.05) is 12.1 Å². The average molecular weight is 503 g/mol. The van der Waals surface area contributed by atoms with E-state index in [0.717, 1.165) is 5.56 Å². The number of anilines is 1. The summed E-state index contributed by atoms with van der Waals surface area (Å²) in [6, 6.07) is 20.5. The number of carbonyl (C=O) groups excluding carboxylic acids is 1. The molecule has 3 nitrogen and oxygen atoms in total. The summed E-state index contributed by atoms with van der Waals surface area (Å²) in [6.07, 6.45) is 2.41. The number of fused-ring (bicyclic) bond motifs is 1. The van der Waals surface area contributed by atoms with Crippen molar-refractivity contribution in [3.63, 3.8) is 0 Å². The number of benzene rings is 3. The summed E-state index contributed by atoms with van der Waals surface area (Å²) in [4.78, 5) is 15.9. The van der Waals surface area contributed by atoms with E-state index in [1.165, 1.54) is 28.4 Å². The van der Waals surface area contributed by atoms with Crippen LogP contribution in [-0.2, 0) is 10.8 Å². The third-order valence-corrected chi connectivity index (χ3v) is 8.04. The Kier molecular flexibility index (Phi) is 6.39. The van der Waals surface area contributed by atoms with E-state index in [2.05, 4.69) is 62.0 Å². The molecule has 168 valence electrons. The topological polar surface area (TPSA) is 49.3 Å². The first kappa shape index (κ1) is 23.2. The Hall–Kier alpha value is -2.99. The van der Waals surface area contributed by atoms with E-state index in [1.54, 1.807) is 36.4 Å². The van der Waals surface area contributed by atoms with Gasteiger partial charge in [-0.2, -0.15) is 0 Å². The van der Waals surface area contributed by atoms with Crippen LogP contribution in [0, 0.1) is 10.7 Å². The summed E-state index contributed by atoms with van der Waals surface area (Å²) >= 11 is 0.0605. The molecule has 3 aromatic rings. The van der Waals surface area contributed by atoms with Crippen LogP contribution in [-0.4, -0.2) is 26.0 Å². The predicted octanol–water partition coefficient (Wildman–Crippen LogP) is 5.33. The summed E-state index contributed by atoms with van der Waals surface area (Å²) in [7, 11) is 0. The van der Waals surface area contributed by atoms with E-state index in [-0.39, 0.29) is 37.4 Å². The summed E-state index contributed by atoms with van der Waals surface area (Å²) in [5, 5.41) is 12.2. The quantitative estimate of drug-likeness (QED) is 0.289. The van der Waals surface area contributed by atoms with E-state index in [4.69, 9.17) is 0 Å². The van der Waals surface area contributed by atoms with Crippen LogP contribution in [0.5, 0.6) is 5.75 Å². The number of hydrogen-bond donors (Lipinski definition) is 2. The summed E-state index contributed by atoms with van der Waals surface area (Å²) in [6.45, 7) is 9.41. The van der Waals surface area contributed by atoms with Gasteiger partial charge in [0.15, 0.2) is 0 Å². The number of phenolic OH excluding ortho intramolecular Hbond substituents is 1. The molecule has 2 N–H and O–H groups in total. The summed E-state index contributed by atoms with van der Waals surface area (Å²) in [5.74, 6) is 3.27. The molecule has 0 aliphatic heterocycles. The second kappa shape index (κ2) is 9.10. The zero-order valence-electron chi connectivity index (χ0n) is 19.5. The maximum atomic E-state index is 12.5. The van der Waals surface area contributed by atoms with E-state index in [0.29, 0.717) is 11.3 Å². The predicted molar refractivity (Wildman–Crippen MR) is 136 cm³/mol. The molecule has 1 amide bonds. The zero-order valence-corrected chi connectivity index (χ0v) is 21.2. The second-order valence-electron chi connectivity index (χ2n) is 9.85. The van der Waals surface area contributed by atoms with Gasteiger partial charge < -0.3 is 5.11 Å². The van der Waals surface area contributed by atoms with E-state index >= 15 is 0 Å². The minimum absolute atomic E-state index is 0.0605. The van der Waals surface area contributed by atoms with Gasteiger partial charge in [-0.15, -0.1) is 0 Å². The first-order chi connectivity index (χ1) is 15.7. The number of hydrogen-bond acceptors (Lipinski definition) is 2. The van der Waals surface area contributed by atoms with Crippen LogP contribution < -0.4 is 9.78 Å². The Balaban J connectivity index is 1.48. The van der Waals surface area contributed by atoms with Gasteiger partial charge in [0.1, 0.15) is 0 Å². The standard InChI is InChI=1S/C29H29NO2Se/c1-28(2)17-18-29(3,4)26-24(28)6-5-7-25(26)33-19-16-20-8-10-21(11-9-20)27(32)30-22-12-14-23(31)15-13-22/h5-15,31H,17-18H2,1-4H3,(H,30,32). The van der Waals surface area contributed by atoms with Crippen molar-refractivity contribution in [1.29, 1.82) is 0 Å². The van der Waals surface area contributed by atoms with Gasteiger partial charge in [0, 0.05) is 0 Å². The van der Waals surface area contributed by atoms with Gasteiger partial charge in [-0.3, -0.25) is 0 Å². The van der Waals surface area contributed by atoms with Crippen molar-refractivity contribution in [2.45, 2.75) is 51.4 Å². The van der Waals surface area contributed by atoms with Crippen LogP contribution in [0.25, 0.3) is 0 Å². The van der Waals surface area contributed by atoms with Gasteiger partial charge in [-0.05, 0) is 0 Å². The van der Waals surface area contributed by atoms with Crippen LogP contribution in [0.4, 0.5) is 5.69 Å². The molecule has 0 saturated heterocycles. The molecule has 0 unspecified atom stereocenters. The van der Waals surface area contributed by atoms with Crippen molar-refractivity contribution in [3.05, 3.63) is 89.0 Å². The Morgan fingerprint density at radius 3 is 2.27 bits per heavy atom. The molecular formula is C29H29NO2Se. The number of nitrogens with one attached hydrogen (secondary N) is 1. The zero-order chi connectivity index (χ0) is 23.6. The normalized spacial score (nSPS) is 15.6. The summed E-state index contributed by atoms with van der Waals surface area (Å²) < 4.78 is 1.38. The fourth-order valence-electron chi connectivity index (χ4n) is 4.36. The molecule has 1 aliphatic rings. The van der Waals surface area contributed by atoms with Crippen molar-refractivity contribution in [2.24, 2.45) is 0 Å². The van der Waals surface area contributed by atoms with Gasteiger partial charge in [-0.1, -0.05) is 0 Å². The van der Waals surface area contributed by atoms with Crippen molar-refractivity contribution < 1.29 is 9.90 Å². The van der Waals surface area contributed by atoms with E-state index < -0.39 is 0 Å². The summed E-state index contributed by atoms with van der Waals surface area (Å²) in [5.41, 5.74) is 5.48. The van der Waals surface area contributed by atoms with Crippen molar-refractivity contribution in [2.75, 3.05) is 5.32 Å². The monoisotopic (exact) mass is 503 g/mol. The molecule has 0 aromatic heterocycles. The van der Waals surface area contributed by atoms with Crippen LogP contribution in [0.2, 0.25) is 0 Å². The number of carbonyl (C=O) groups is 1. The number of rotatable bonds is 3. The van der Waals surface area contributed by atoms with Gasteiger partial charge in [0.2, 0.25) is 0 Å². The van der Waals surface area contributed by atoms with Crippen molar-refractivity contribution in [3.8, 4) is 16.5 Å². The molecule has 4 rings (SSSR count).